The van der Waals surface area contributed by atoms with E-state index in [1.807, 2.05) is 30.3 Å². The molecule has 0 aliphatic rings. The fourth-order valence-electron chi connectivity index (χ4n) is 3.45. The number of carbonyl (C=O) groups excluding carboxylic acids is 2. The van der Waals surface area contributed by atoms with E-state index in [-0.39, 0.29) is 49.8 Å². The molecular formula is C23H32N7O7P. The Kier molecular flexibility index (Phi) is 10.1. The summed E-state index contributed by atoms with van der Waals surface area (Å²) < 4.78 is 31.3. The molecule has 2 unspecified atom stereocenters. The van der Waals surface area contributed by atoms with Crippen LogP contribution in [0.3, 0.4) is 0 Å². The number of aromatic amines is 1. The van der Waals surface area contributed by atoms with Gasteiger partial charge in [0.2, 0.25) is 13.4 Å². The molecule has 0 radical (unpaired) electrons. The molecule has 3 aromatic rings. The van der Waals surface area contributed by atoms with Gasteiger partial charge in [-0.3, -0.25) is 23.9 Å². The van der Waals surface area contributed by atoms with Gasteiger partial charge in [-0.25, -0.2) is 15.2 Å². The summed E-state index contributed by atoms with van der Waals surface area (Å²) in [6, 6.07) is 7.21. The molecule has 2 aromatic heterocycles. The average molecular weight is 550 g/mol. The Labute approximate surface area is 218 Å². The van der Waals surface area contributed by atoms with Crippen LogP contribution in [0.5, 0.6) is 0 Å². The molecule has 14 nitrogen and oxygen atoms in total. The SMILES string of the molecule is CCOC(=O)[C@H](C)NP(=O)(COCCn1cnc2c(=O)[nH]c(N)nc21)NC(C)C(=O)OCc1ccccc1. The Morgan fingerprint density at radius 1 is 1.13 bits per heavy atom. The first-order valence-electron chi connectivity index (χ1n) is 11.9. The second kappa shape index (κ2) is 13.3. The second-order valence-electron chi connectivity index (χ2n) is 8.39. The van der Waals surface area contributed by atoms with E-state index in [9.17, 15) is 18.9 Å². The normalized spacial score (nSPS) is 14.5. The highest BCUT2D eigenvalue weighted by atomic mass is 31.2. The number of carbonyl (C=O) groups is 2. The molecule has 5 N–H and O–H groups in total. The number of hydrogen-bond acceptors (Lipinski definition) is 10. The van der Waals surface area contributed by atoms with E-state index in [1.165, 1.54) is 20.2 Å². The molecule has 2 heterocycles. The van der Waals surface area contributed by atoms with Gasteiger partial charge in [0.05, 0.1) is 19.5 Å². The monoisotopic (exact) mass is 549 g/mol. The van der Waals surface area contributed by atoms with Crippen molar-refractivity contribution in [3.05, 3.63) is 52.6 Å². The zero-order valence-electron chi connectivity index (χ0n) is 21.4. The second-order valence-corrected chi connectivity index (χ2v) is 10.6. The maximum Gasteiger partial charge on any atom is 0.323 e. The average Bonchev–Trinajstić information content (AvgIpc) is 3.28. The number of nitrogen functional groups attached to an aromatic ring is 1. The van der Waals surface area contributed by atoms with Crippen molar-refractivity contribution in [2.24, 2.45) is 0 Å². The maximum absolute atomic E-state index is 13.7. The number of imidazole rings is 1. The van der Waals surface area contributed by atoms with Gasteiger partial charge >= 0.3 is 11.9 Å². The third-order valence-corrected chi connectivity index (χ3v) is 7.42. The van der Waals surface area contributed by atoms with Gasteiger partial charge in [0.1, 0.15) is 25.0 Å². The Bertz CT molecular complexity index is 1340. The molecule has 0 amide bonds. The Morgan fingerprint density at radius 2 is 1.79 bits per heavy atom. The molecule has 3 rings (SSSR count). The number of rotatable bonds is 14. The van der Waals surface area contributed by atoms with Gasteiger partial charge in [0.25, 0.3) is 5.56 Å². The first kappa shape index (κ1) is 29.0. The maximum atomic E-state index is 13.7. The quantitative estimate of drug-likeness (QED) is 0.127. The number of ether oxygens (including phenoxy) is 3. The van der Waals surface area contributed by atoms with Gasteiger partial charge in [0, 0.05) is 6.54 Å². The van der Waals surface area contributed by atoms with Crippen molar-refractivity contribution in [2.45, 2.75) is 46.0 Å². The lowest BCUT2D eigenvalue weighted by molar-refractivity contribution is -0.146. The topological polar surface area (TPSA) is 193 Å². The first-order chi connectivity index (χ1) is 18.1. The van der Waals surface area contributed by atoms with Crippen molar-refractivity contribution in [3.63, 3.8) is 0 Å². The smallest absolute Gasteiger partial charge is 0.323 e. The van der Waals surface area contributed by atoms with Crippen LogP contribution in [-0.2, 0) is 41.5 Å². The summed E-state index contributed by atoms with van der Waals surface area (Å²) in [7, 11) is -3.67. The predicted octanol–water partition coefficient (Wildman–Crippen LogP) is 1.13. The van der Waals surface area contributed by atoms with Crippen molar-refractivity contribution in [3.8, 4) is 0 Å². The van der Waals surface area contributed by atoms with Gasteiger partial charge < -0.3 is 24.5 Å². The number of H-pyrrole nitrogens is 1. The van der Waals surface area contributed by atoms with E-state index in [0.717, 1.165) is 5.56 Å². The van der Waals surface area contributed by atoms with Crippen LogP contribution in [-0.4, -0.2) is 63.1 Å². The number of aromatic nitrogens is 4. The molecule has 0 aliphatic carbocycles. The molecule has 38 heavy (non-hydrogen) atoms. The standard InChI is InChI=1S/C23H32N7O7P/c1-4-36-21(32)15(2)28-38(34,29-16(3)22(33)37-12-17-8-6-5-7-9-17)14-35-11-10-30-13-25-18-19(30)26-23(24)27-20(18)31/h5-9,13,15-16H,4,10-12,14H2,1-3H3,(H2,28,29,34)(H3,24,26,27,31)/t15-,16?,38?/m0/s1. The molecule has 0 bridgehead atoms. The molecule has 0 saturated carbocycles. The summed E-state index contributed by atoms with van der Waals surface area (Å²) >= 11 is 0. The molecule has 15 heteroatoms. The van der Waals surface area contributed by atoms with Crippen LogP contribution < -0.4 is 21.5 Å². The summed E-state index contributed by atoms with van der Waals surface area (Å²) in [4.78, 5) is 47.1. The first-order valence-corrected chi connectivity index (χ1v) is 13.8. The molecule has 0 spiro atoms. The molecular weight excluding hydrogens is 517 g/mol. The number of fused-ring (bicyclic) bond motifs is 1. The van der Waals surface area contributed by atoms with Crippen LogP contribution in [0.25, 0.3) is 11.2 Å². The van der Waals surface area contributed by atoms with Crippen molar-refractivity contribution in [1.29, 1.82) is 0 Å². The van der Waals surface area contributed by atoms with E-state index in [4.69, 9.17) is 19.9 Å². The summed E-state index contributed by atoms with van der Waals surface area (Å²) in [5, 5.41) is 5.46. The highest BCUT2D eigenvalue weighted by molar-refractivity contribution is 7.59. The number of nitrogens with one attached hydrogen (secondary N) is 3. The zero-order chi connectivity index (χ0) is 27.7. The fraction of sp³-hybridized carbons (Fsp3) is 0.435. The molecule has 0 aliphatic heterocycles. The largest absolute Gasteiger partial charge is 0.465 e. The number of nitrogens with two attached hydrogens (primary N) is 1. The zero-order valence-corrected chi connectivity index (χ0v) is 22.3. The van der Waals surface area contributed by atoms with Crippen molar-refractivity contribution >= 4 is 36.5 Å². The minimum absolute atomic E-state index is 0.0494. The Balaban J connectivity index is 1.63. The minimum Gasteiger partial charge on any atom is -0.465 e. The third kappa shape index (κ3) is 7.96. The van der Waals surface area contributed by atoms with E-state index < -0.39 is 37.0 Å². The summed E-state index contributed by atoms with van der Waals surface area (Å²) in [5.74, 6) is -1.28. The lowest BCUT2D eigenvalue weighted by atomic mass is 10.2. The van der Waals surface area contributed by atoms with E-state index in [0.29, 0.717) is 0 Å². The van der Waals surface area contributed by atoms with Gasteiger partial charge in [-0.15, -0.1) is 0 Å². The van der Waals surface area contributed by atoms with Gasteiger partial charge in [-0.1, -0.05) is 30.3 Å². The van der Waals surface area contributed by atoms with Crippen LogP contribution in [0.15, 0.2) is 41.5 Å². The van der Waals surface area contributed by atoms with Crippen LogP contribution in [0.4, 0.5) is 5.95 Å². The predicted molar refractivity (Wildman–Crippen MR) is 139 cm³/mol. The third-order valence-electron chi connectivity index (χ3n) is 5.26. The lowest BCUT2D eigenvalue weighted by Crippen LogP contribution is -2.42. The number of anilines is 1. The minimum atomic E-state index is -3.67. The van der Waals surface area contributed by atoms with Crippen molar-refractivity contribution in [2.75, 3.05) is 25.3 Å². The van der Waals surface area contributed by atoms with Crippen LogP contribution in [0.1, 0.15) is 26.3 Å². The highest BCUT2D eigenvalue weighted by Crippen LogP contribution is 2.37. The van der Waals surface area contributed by atoms with E-state index in [2.05, 4.69) is 25.1 Å². The molecule has 0 saturated heterocycles. The van der Waals surface area contributed by atoms with Crippen molar-refractivity contribution < 1.29 is 28.4 Å². The van der Waals surface area contributed by atoms with Crippen molar-refractivity contribution in [1.82, 2.24) is 29.7 Å². The molecule has 206 valence electrons. The van der Waals surface area contributed by atoms with Crippen LogP contribution in [0, 0.1) is 0 Å². The molecule has 3 atom stereocenters. The number of esters is 2. The molecule has 0 fully saturated rings. The number of benzene rings is 1. The highest BCUT2D eigenvalue weighted by Gasteiger charge is 2.32. The summed E-state index contributed by atoms with van der Waals surface area (Å²) in [5.41, 5.74) is 6.35. The van der Waals surface area contributed by atoms with Crippen LogP contribution >= 0.6 is 7.44 Å². The Hall–Kier alpha value is -3.58. The summed E-state index contributed by atoms with van der Waals surface area (Å²) in [6.45, 7) is 5.13. The van der Waals surface area contributed by atoms with Crippen LogP contribution in [0.2, 0.25) is 0 Å². The van der Waals surface area contributed by atoms with Gasteiger partial charge in [-0.05, 0) is 26.3 Å². The number of nitrogens with zero attached hydrogens (tertiary/aromatic N) is 3. The summed E-state index contributed by atoms with van der Waals surface area (Å²) in [6.07, 6.45) is 1.05. The van der Waals surface area contributed by atoms with E-state index >= 15 is 0 Å². The molecule has 1 aromatic carbocycles. The number of hydrogen-bond donors (Lipinski definition) is 4. The van der Waals surface area contributed by atoms with Gasteiger partial charge in [-0.2, -0.15) is 4.98 Å². The lowest BCUT2D eigenvalue weighted by Gasteiger charge is -2.26. The van der Waals surface area contributed by atoms with Gasteiger partial charge in [0.15, 0.2) is 11.2 Å². The Morgan fingerprint density at radius 3 is 2.45 bits per heavy atom. The van der Waals surface area contributed by atoms with E-state index in [1.54, 1.807) is 11.5 Å². The fourth-order valence-corrected chi connectivity index (χ4v) is 5.53.